The van der Waals surface area contributed by atoms with E-state index in [0.717, 1.165) is 28.2 Å². The Kier molecular flexibility index (Phi) is 6.28. The van der Waals surface area contributed by atoms with Gasteiger partial charge in [-0.3, -0.25) is 0 Å². The fourth-order valence-electron chi connectivity index (χ4n) is 3.48. The third-order valence-corrected chi connectivity index (χ3v) is 5.14. The van der Waals surface area contributed by atoms with E-state index in [-0.39, 0.29) is 5.57 Å². The number of rotatable bonds is 7. The van der Waals surface area contributed by atoms with E-state index in [1.807, 2.05) is 66.7 Å². The monoisotopic (exact) mass is 417 g/mol. The predicted molar refractivity (Wildman–Crippen MR) is 133 cm³/mol. The number of carbonyl (C=O) groups is 1. The van der Waals surface area contributed by atoms with Crippen molar-refractivity contribution in [3.63, 3.8) is 0 Å². The van der Waals surface area contributed by atoms with Crippen LogP contribution in [0.15, 0.2) is 116 Å². The van der Waals surface area contributed by atoms with Gasteiger partial charge in [-0.2, -0.15) is 0 Å². The lowest BCUT2D eigenvalue weighted by molar-refractivity contribution is -0.130. The summed E-state index contributed by atoms with van der Waals surface area (Å²) in [7, 11) is 0. The lowest BCUT2D eigenvalue weighted by Crippen LogP contribution is -2.09. The molecule has 3 nitrogen and oxygen atoms in total. The summed E-state index contributed by atoms with van der Waals surface area (Å²) in [6.45, 7) is 3.63. The molecule has 3 heteroatoms. The zero-order chi connectivity index (χ0) is 22.3. The second-order valence-corrected chi connectivity index (χ2v) is 7.34. The topological polar surface area (TPSA) is 40.5 Å². The molecule has 156 valence electrons. The number of benzene rings is 4. The fourth-order valence-corrected chi connectivity index (χ4v) is 3.48. The van der Waals surface area contributed by atoms with Crippen LogP contribution in [0.5, 0.6) is 0 Å². The average Bonchev–Trinajstić information content (AvgIpc) is 2.85. The summed E-state index contributed by atoms with van der Waals surface area (Å²) in [5.74, 6) is -1.01. The summed E-state index contributed by atoms with van der Waals surface area (Å²) in [6, 6.07) is 36.3. The molecule has 1 N–H and O–H groups in total. The zero-order valence-corrected chi connectivity index (χ0v) is 17.6. The predicted octanol–water partition coefficient (Wildman–Crippen LogP) is 7.42. The summed E-state index contributed by atoms with van der Waals surface area (Å²) >= 11 is 0. The molecule has 0 amide bonds. The normalized spacial score (nSPS) is 10.8. The molecule has 32 heavy (non-hydrogen) atoms. The van der Waals surface area contributed by atoms with E-state index >= 15 is 0 Å². The van der Waals surface area contributed by atoms with Gasteiger partial charge >= 0.3 is 5.97 Å². The fraction of sp³-hybridized carbons (Fsp3) is 0. The van der Waals surface area contributed by atoms with E-state index in [1.54, 1.807) is 6.07 Å². The summed E-state index contributed by atoms with van der Waals surface area (Å²) in [5.41, 5.74) is 5.93. The summed E-state index contributed by atoms with van der Waals surface area (Å²) in [4.78, 5) is 13.4. The van der Waals surface area contributed by atoms with Gasteiger partial charge < -0.3 is 10.0 Å². The highest BCUT2D eigenvalue weighted by Crippen LogP contribution is 2.34. The van der Waals surface area contributed by atoms with Gasteiger partial charge in [-0.1, -0.05) is 85.5 Å². The maximum absolute atomic E-state index is 11.2. The minimum atomic E-state index is -1.01. The highest BCUT2D eigenvalue weighted by molar-refractivity contribution is 6.14. The number of para-hydroxylation sites is 2. The molecule has 0 aliphatic carbocycles. The van der Waals surface area contributed by atoms with E-state index in [4.69, 9.17) is 5.11 Å². The van der Waals surface area contributed by atoms with Crippen molar-refractivity contribution in [2.24, 2.45) is 0 Å². The summed E-state index contributed by atoms with van der Waals surface area (Å²) < 4.78 is 0. The Morgan fingerprint density at radius 1 is 0.656 bits per heavy atom. The second-order valence-electron chi connectivity index (χ2n) is 7.34. The van der Waals surface area contributed by atoms with Crippen LogP contribution in [-0.2, 0) is 4.79 Å². The molecule has 0 aliphatic rings. The first-order valence-electron chi connectivity index (χ1n) is 10.3. The van der Waals surface area contributed by atoms with Gasteiger partial charge in [0.05, 0.1) is 5.57 Å². The molecule has 4 aromatic carbocycles. The van der Waals surface area contributed by atoms with Crippen molar-refractivity contribution < 1.29 is 9.90 Å². The van der Waals surface area contributed by atoms with Crippen LogP contribution in [0.3, 0.4) is 0 Å². The number of anilines is 3. The van der Waals surface area contributed by atoms with Crippen molar-refractivity contribution in [2.45, 2.75) is 0 Å². The van der Waals surface area contributed by atoms with Crippen LogP contribution in [0, 0.1) is 0 Å². The molecular weight excluding hydrogens is 394 g/mol. The van der Waals surface area contributed by atoms with Gasteiger partial charge in [0, 0.05) is 17.1 Å². The van der Waals surface area contributed by atoms with Crippen molar-refractivity contribution >= 4 is 40.8 Å². The van der Waals surface area contributed by atoms with Crippen molar-refractivity contribution in [1.82, 2.24) is 0 Å². The average molecular weight is 418 g/mol. The van der Waals surface area contributed by atoms with Crippen molar-refractivity contribution in [1.29, 1.82) is 0 Å². The smallest absolute Gasteiger partial charge is 0.335 e. The van der Waals surface area contributed by atoms with E-state index < -0.39 is 5.97 Å². The van der Waals surface area contributed by atoms with Crippen molar-refractivity contribution in [2.75, 3.05) is 4.90 Å². The first kappa shape index (κ1) is 20.9. The van der Waals surface area contributed by atoms with Crippen LogP contribution >= 0.6 is 0 Å². The Balaban J connectivity index is 1.59. The SMILES string of the molecule is C=C(C(=O)O)c1cccc(C=Cc2ccc(N(c3ccccc3)c3ccccc3)cc2)c1. The first-order chi connectivity index (χ1) is 15.6. The van der Waals surface area contributed by atoms with Crippen LogP contribution in [0.1, 0.15) is 16.7 Å². The van der Waals surface area contributed by atoms with Gasteiger partial charge in [0.2, 0.25) is 0 Å². The number of nitrogens with zero attached hydrogens (tertiary/aromatic N) is 1. The van der Waals surface area contributed by atoms with E-state index in [1.165, 1.54) is 0 Å². The molecule has 0 bridgehead atoms. The van der Waals surface area contributed by atoms with Crippen LogP contribution in [-0.4, -0.2) is 11.1 Å². The third-order valence-electron chi connectivity index (χ3n) is 5.14. The van der Waals surface area contributed by atoms with E-state index in [9.17, 15) is 4.79 Å². The highest BCUT2D eigenvalue weighted by atomic mass is 16.4. The molecule has 0 saturated heterocycles. The first-order valence-corrected chi connectivity index (χ1v) is 10.3. The number of carboxylic acid groups (broad SMARTS) is 1. The Hall–Kier alpha value is -4.37. The van der Waals surface area contributed by atoms with Crippen LogP contribution in [0.4, 0.5) is 17.1 Å². The molecule has 0 radical (unpaired) electrons. The quantitative estimate of drug-likeness (QED) is 0.251. The Bertz CT molecular complexity index is 1200. The third kappa shape index (κ3) is 4.85. The Morgan fingerprint density at radius 3 is 1.75 bits per heavy atom. The number of hydrogen-bond donors (Lipinski definition) is 1. The molecule has 4 rings (SSSR count). The number of hydrogen-bond acceptors (Lipinski definition) is 2. The van der Waals surface area contributed by atoms with Crippen LogP contribution in [0.2, 0.25) is 0 Å². The molecule has 0 spiro atoms. The maximum Gasteiger partial charge on any atom is 0.335 e. The molecular formula is C29H23NO2. The van der Waals surface area contributed by atoms with Crippen LogP contribution < -0.4 is 4.90 Å². The second kappa shape index (κ2) is 9.63. The summed E-state index contributed by atoms with van der Waals surface area (Å²) in [5, 5.41) is 9.15. The van der Waals surface area contributed by atoms with Crippen molar-refractivity contribution in [3.8, 4) is 0 Å². The molecule has 0 unspecified atom stereocenters. The Morgan fingerprint density at radius 2 is 1.19 bits per heavy atom. The number of aliphatic carboxylic acids is 1. The molecule has 0 aromatic heterocycles. The van der Waals surface area contributed by atoms with Gasteiger partial charge in [-0.25, -0.2) is 4.79 Å². The van der Waals surface area contributed by atoms with E-state index in [0.29, 0.717) is 5.56 Å². The molecule has 0 saturated carbocycles. The number of carboxylic acids is 1. The summed E-state index contributed by atoms with van der Waals surface area (Å²) in [6.07, 6.45) is 3.99. The molecule has 0 aliphatic heterocycles. The maximum atomic E-state index is 11.2. The molecule has 0 atom stereocenters. The molecule has 4 aromatic rings. The minimum absolute atomic E-state index is 0.0894. The van der Waals surface area contributed by atoms with Crippen molar-refractivity contribution in [3.05, 3.63) is 132 Å². The zero-order valence-electron chi connectivity index (χ0n) is 17.6. The lowest BCUT2D eigenvalue weighted by Gasteiger charge is -2.25. The minimum Gasteiger partial charge on any atom is -0.478 e. The van der Waals surface area contributed by atoms with Gasteiger partial charge in [-0.05, 0) is 59.2 Å². The standard InChI is InChI=1S/C29H23NO2/c1-22(29(31)32)25-10-8-9-24(21-25)16-15-23-17-19-28(20-18-23)30(26-11-4-2-5-12-26)27-13-6-3-7-14-27/h2-21H,1H2,(H,31,32). The van der Waals surface area contributed by atoms with Gasteiger partial charge in [0.1, 0.15) is 0 Å². The molecule has 0 fully saturated rings. The van der Waals surface area contributed by atoms with Gasteiger partial charge in [0.25, 0.3) is 0 Å². The Labute approximate surface area is 188 Å². The lowest BCUT2D eigenvalue weighted by atomic mass is 10.0. The van der Waals surface area contributed by atoms with E-state index in [2.05, 4.69) is 60.0 Å². The molecule has 0 heterocycles. The highest BCUT2D eigenvalue weighted by Gasteiger charge is 2.11. The van der Waals surface area contributed by atoms with Gasteiger partial charge in [0.15, 0.2) is 0 Å². The van der Waals surface area contributed by atoms with Gasteiger partial charge in [-0.15, -0.1) is 0 Å². The largest absolute Gasteiger partial charge is 0.478 e. The van der Waals surface area contributed by atoms with Crippen LogP contribution in [0.25, 0.3) is 17.7 Å².